The van der Waals surface area contributed by atoms with Crippen LogP contribution in [0.1, 0.15) is 193 Å². The van der Waals surface area contributed by atoms with Crippen LogP contribution in [0.4, 0.5) is 0 Å². The van der Waals surface area contributed by atoms with E-state index in [1.54, 1.807) is 21.3 Å². The molecule has 0 aliphatic rings. The average Bonchev–Trinajstić information content (AvgIpc) is 2.64. The van der Waals surface area contributed by atoms with Gasteiger partial charge in [-0.2, -0.15) is 0 Å². The first-order valence-corrected chi connectivity index (χ1v) is 35.0. The number of hydrogen-bond donors (Lipinski definition) is 0. The molecule has 0 aliphatic carbocycles. The third-order valence-corrected chi connectivity index (χ3v) is 4.79. The zero-order chi connectivity index (χ0) is 38.3. The summed E-state index contributed by atoms with van der Waals surface area (Å²) in [5.41, 5.74) is 1.00. The van der Waals surface area contributed by atoms with Gasteiger partial charge in [0.2, 0.25) is 0 Å². The van der Waals surface area contributed by atoms with E-state index in [0.717, 1.165) is 0 Å². The van der Waals surface area contributed by atoms with Gasteiger partial charge in [-0.15, -0.1) is 0 Å². The molecule has 0 amide bonds. The summed E-state index contributed by atoms with van der Waals surface area (Å²) in [4.78, 5) is 0. The second-order valence-electron chi connectivity index (χ2n) is 19.8. The van der Waals surface area contributed by atoms with Gasteiger partial charge in [-0.25, -0.2) is 0 Å². The molecule has 0 heterocycles. The molecular weight excluding hydrogens is 777 g/mol. The van der Waals surface area contributed by atoms with E-state index in [1.807, 2.05) is 26.9 Å². The molecule has 8 heteroatoms. The molecule has 0 atom stereocenters. The van der Waals surface area contributed by atoms with Crippen molar-refractivity contribution in [2.45, 2.75) is 305 Å². The fourth-order valence-corrected chi connectivity index (χ4v) is 0.250. The van der Waals surface area contributed by atoms with Gasteiger partial charge in [-0.3, -0.25) is 0 Å². The quantitative estimate of drug-likeness (QED) is 0.264. The minimum Gasteiger partial charge on any atom is -0.421 e. The molecule has 388 valence electrons. The van der Waals surface area contributed by atoms with E-state index in [2.05, 4.69) is 167 Å². The van der Waals surface area contributed by atoms with Crippen LogP contribution in [0.15, 0.2) is 0 Å². The Morgan fingerprint density at radius 1 is 0.298 bits per heavy atom. The third kappa shape index (κ3) is 1730. The van der Waals surface area contributed by atoms with Crippen LogP contribution >= 0.6 is 0 Å². The molecule has 0 aromatic heterocycles. The summed E-state index contributed by atoms with van der Waals surface area (Å²) < 4.78 is 15.1. The van der Waals surface area contributed by atoms with Gasteiger partial charge in [-0.1, -0.05) is 272 Å². The van der Waals surface area contributed by atoms with Crippen LogP contribution in [0.3, 0.4) is 0 Å². The van der Waals surface area contributed by atoms with Crippen molar-refractivity contribution in [1.29, 1.82) is 0 Å². The van der Waals surface area contributed by atoms with E-state index in [-0.39, 0.29) is 104 Å². The molecule has 0 aliphatic heterocycles. The summed E-state index contributed by atoms with van der Waals surface area (Å²) in [7, 11) is 0.507. The highest BCUT2D eigenvalue weighted by Crippen LogP contribution is 2.08. The fourth-order valence-electron chi connectivity index (χ4n) is 0.0833. The second-order valence-corrected chi connectivity index (χ2v) is 46.1. The molecule has 3 nitrogen and oxygen atoms in total. The Labute approximate surface area is 389 Å². The summed E-state index contributed by atoms with van der Waals surface area (Å²) in [5.74, 6) is 0. The minimum atomic E-state index is -1.65. The molecular formula is C49H154O3Si5. The summed E-state index contributed by atoms with van der Waals surface area (Å²) in [5, 5.41) is 0. The van der Waals surface area contributed by atoms with Gasteiger partial charge < -0.3 is 13.3 Å². The minimum absolute atomic E-state index is 0. The monoisotopic (exact) mass is 931 g/mol. The van der Waals surface area contributed by atoms with Gasteiger partial charge in [0.15, 0.2) is 8.32 Å². The smallest absolute Gasteiger partial charge is 0.331 e. The average molecular weight is 932 g/mol. The normalized spacial score (nSPS) is 8.42. The van der Waals surface area contributed by atoms with E-state index in [4.69, 9.17) is 13.3 Å². The van der Waals surface area contributed by atoms with Crippen molar-refractivity contribution in [1.82, 2.24) is 0 Å². The van der Waals surface area contributed by atoms with Crippen LogP contribution in [-0.2, 0) is 13.3 Å². The topological polar surface area (TPSA) is 27.7 Å². The largest absolute Gasteiger partial charge is 0.421 e. The zero-order valence-corrected chi connectivity index (χ0v) is 42.4. The Hall–Kier alpha value is 0.964. The first-order chi connectivity index (χ1) is 18.1. The van der Waals surface area contributed by atoms with Gasteiger partial charge in [0.05, 0.1) is 0 Å². The van der Waals surface area contributed by atoms with Gasteiger partial charge in [0, 0.05) is 45.6 Å². The molecule has 0 bridgehead atoms. The Kier molecular flexibility index (Phi) is 218. The Morgan fingerprint density at radius 2 is 0.351 bits per heavy atom. The molecule has 0 unspecified atom stereocenters. The van der Waals surface area contributed by atoms with E-state index in [9.17, 15) is 0 Å². The van der Waals surface area contributed by atoms with Gasteiger partial charge in [-0.05, 0) is 43.6 Å². The number of hydrogen-bond acceptors (Lipinski definition) is 3. The van der Waals surface area contributed by atoms with E-state index >= 15 is 0 Å². The predicted octanol–water partition coefficient (Wildman–Crippen LogP) is 23.8. The van der Waals surface area contributed by atoms with Crippen molar-refractivity contribution in [2.24, 2.45) is 10.8 Å². The molecule has 0 aromatic rings. The lowest BCUT2D eigenvalue weighted by Crippen LogP contribution is -2.31. The molecule has 0 rings (SSSR count). The summed E-state index contributed by atoms with van der Waals surface area (Å²) in [6, 6.07) is 0. The van der Waals surface area contributed by atoms with Gasteiger partial charge >= 0.3 is 8.56 Å². The Bertz CT molecular complexity index is 382. The first-order valence-electron chi connectivity index (χ1n) is 16.8. The van der Waals surface area contributed by atoms with Crippen LogP contribution in [0.25, 0.3) is 0 Å². The van der Waals surface area contributed by atoms with E-state index in [1.165, 1.54) is 6.42 Å². The SMILES string of the molecule is C.C.C.C.C.C.C.C.C.C.C.C.C.C.CC.CC(C)(C)C.CC(C)(C)C.CCC.CO[Si](C)(C)C.CO[Si](C)(C)OC.C[Si](C)(C)C.C[Si](C)(C)C.C[Si](C)(C)C. The Balaban J connectivity index is -0.0000000107. The molecule has 0 fully saturated rings. The maximum absolute atomic E-state index is 5.08. The van der Waals surface area contributed by atoms with E-state index in [0.29, 0.717) is 10.8 Å². The van der Waals surface area contributed by atoms with Gasteiger partial charge in [0.25, 0.3) is 0 Å². The highest BCUT2D eigenvalue weighted by molar-refractivity contribution is 6.75. The maximum Gasteiger partial charge on any atom is 0.331 e. The van der Waals surface area contributed by atoms with Crippen LogP contribution in [0, 0.1) is 10.8 Å². The third-order valence-electron chi connectivity index (χ3n) is 1.60. The van der Waals surface area contributed by atoms with E-state index < -0.39 is 41.1 Å². The van der Waals surface area contributed by atoms with Crippen LogP contribution in [0.5, 0.6) is 0 Å². The zero-order valence-electron chi connectivity index (χ0n) is 37.4. The summed E-state index contributed by atoms with van der Waals surface area (Å²) in [6.45, 7) is 64.1. The number of rotatable bonds is 3. The summed E-state index contributed by atoms with van der Waals surface area (Å²) >= 11 is 0. The van der Waals surface area contributed by atoms with Crippen molar-refractivity contribution in [3.05, 3.63) is 0 Å². The lowest BCUT2D eigenvalue weighted by atomic mass is 10.0. The standard InChI is InChI=1S/2C5H12.C4H12O2Si.C4H12OSi.3C4H12Si.C3H8.C2H6.14CH4/c2*1-5(2,3)4;1-5-7(3,4)6-2;1-5-6(2,3)4;3*1-5(2,3)4;1-3-2;1-2;;;;;;;;;;;;;;/h2*1-4H3;1-4H3;1-4H3;3*1-4H3;3H2,1-2H3;1-2H3;14*1H4. The molecule has 0 radical (unpaired) electrons. The first kappa shape index (κ1) is 154. The highest BCUT2D eigenvalue weighted by atomic mass is 28.4. The second kappa shape index (κ2) is 80.9. The maximum atomic E-state index is 5.08. The lowest BCUT2D eigenvalue weighted by Gasteiger charge is -2.15. The molecule has 0 spiro atoms. The Morgan fingerprint density at radius 3 is 0.351 bits per heavy atom. The van der Waals surface area contributed by atoms with Crippen LogP contribution in [-0.4, -0.2) is 62.4 Å². The molecule has 57 heavy (non-hydrogen) atoms. The van der Waals surface area contributed by atoms with Crippen molar-refractivity contribution in [2.75, 3.05) is 21.3 Å². The predicted molar refractivity (Wildman–Crippen MR) is 321 cm³/mol. The fraction of sp³-hybridized carbons (Fsp3) is 1.00. The molecule has 0 saturated carbocycles. The van der Waals surface area contributed by atoms with Gasteiger partial charge in [0.1, 0.15) is 0 Å². The molecule has 0 aromatic carbocycles. The molecule has 0 saturated heterocycles. The molecule has 0 N–H and O–H groups in total. The van der Waals surface area contributed by atoms with Crippen LogP contribution < -0.4 is 0 Å². The highest BCUT2D eigenvalue weighted by Gasteiger charge is 2.19. The lowest BCUT2D eigenvalue weighted by molar-refractivity contribution is 0.258. The van der Waals surface area contributed by atoms with Crippen molar-refractivity contribution in [3.8, 4) is 0 Å². The van der Waals surface area contributed by atoms with Crippen molar-refractivity contribution < 1.29 is 13.3 Å². The van der Waals surface area contributed by atoms with Crippen LogP contribution in [0.2, 0.25) is 111 Å². The van der Waals surface area contributed by atoms with Crippen molar-refractivity contribution >= 4 is 41.1 Å². The van der Waals surface area contributed by atoms with Crippen molar-refractivity contribution in [3.63, 3.8) is 0 Å². The summed E-state index contributed by atoms with van der Waals surface area (Å²) in [6.07, 6.45) is 1.25.